The van der Waals surface area contributed by atoms with Gasteiger partial charge in [0.15, 0.2) is 0 Å². The van der Waals surface area contributed by atoms with Gasteiger partial charge in [0.05, 0.1) is 22.9 Å². The van der Waals surface area contributed by atoms with E-state index in [2.05, 4.69) is 12.3 Å². The lowest BCUT2D eigenvalue weighted by atomic mass is 10.0. The summed E-state index contributed by atoms with van der Waals surface area (Å²) in [4.78, 5) is -0.170. The Labute approximate surface area is 184 Å². The fourth-order valence-corrected chi connectivity index (χ4v) is 4.51. The number of aliphatic hydroxyl groups is 1. The first-order valence-electron chi connectivity index (χ1n) is 10.1. The molecule has 0 aliphatic rings. The van der Waals surface area contributed by atoms with Gasteiger partial charge in [-0.2, -0.15) is 8.42 Å². The summed E-state index contributed by atoms with van der Waals surface area (Å²) in [6, 6.07) is 12.7. The van der Waals surface area contributed by atoms with Crippen molar-refractivity contribution < 1.29 is 26.5 Å². The molecule has 10 heteroatoms. The van der Waals surface area contributed by atoms with E-state index in [-0.39, 0.29) is 4.90 Å². The standard InChI is InChI=1S/C21H30N2O6S2/c1-3-4-10-21(24)18-11-13-19(14-12-18)23(30(2,25)26)22-15-6-8-17-7-5-9-20(16-17)31(27,28)29/h5,7,9,11-14,16,21-22,24H,3-4,6,8,10,15H2,1-2H3,(H,27,28,29). The van der Waals surface area contributed by atoms with Crippen LogP contribution in [0.2, 0.25) is 0 Å². The smallest absolute Gasteiger partial charge is 0.294 e. The van der Waals surface area contributed by atoms with E-state index >= 15 is 0 Å². The highest BCUT2D eigenvalue weighted by Gasteiger charge is 2.18. The number of nitrogens with zero attached hydrogens (tertiary/aromatic N) is 1. The molecular formula is C21H30N2O6S2. The molecule has 0 saturated heterocycles. The Bertz CT molecular complexity index is 1050. The maximum absolute atomic E-state index is 12.2. The average molecular weight is 471 g/mol. The Hall–Kier alpha value is -1.98. The van der Waals surface area contributed by atoms with Crippen molar-refractivity contribution in [2.24, 2.45) is 0 Å². The van der Waals surface area contributed by atoms with Crippen molar-refractivity contribution in [1.82, 2.24) is 5.43 Å². The van der Waals surface area contributed by atoms with Crippen molar-refractivity contribution >= 4 is 25.8 Å². The van der Waals surface area contributed by atoms with Gasteiger partial charge in [-0.3, -0.25) is 4.55 Å². The highest BCUT2D eigenvalue weighted by Crippen LogP contribution is 2.23. The third-order valence-electron chi connectivity index (χ3n) is 4.77. The second-order valence-electron chi connectivity index (χ2n) is 7.41. The van der Waals surface area contributed by atoms with Gasteiger partial charge in [0.2, 0.25) is 10.0 Å². The number of rotatable bonds is 12. The van der Waals surface area contributed by atoms with Crippen molar-refractivity contribution in [3.05, 3.63) is 59.7 Å². The van der Waals surface area contributed by atoms with E-state index in [4.69, 9.17) is 4.55 Å². The minimum absolute atomic E-state index is 0.170. The zero-order valence-corrected chi connectivity index (χ0v) is 19.4. The van der Waals surface area contributed by atoms with Gasteiger partial charge in [-0.1, -0.05) is 44.0 Å². The Kier molecular flexibility index (Phi) is 9.01. The number of sulfonamides is 1. The first kappa shape index (κ1) is 25.3. The second kappa shape index (κ2) is 11.1. The normalized spacial score (nSPS) is 13.2. The Morgan fingerprint density at radius 2 is 1.71 bits per heavy atom. The summed E-state index contributed by atoms with van der Waals surface area (Å²) in [5, 5.41) is 10.2. The van der Waals surface area contributed by atoms with Crippen LogP contribution in [-0.2, 0) is 26.6 Å². The number of anilines is 1. The number of hydrogen-bond acceptors (Lipinski definition) is 6. The molecule has 0 fully saturated rings. The summed E-state index contributed by atoms with van der Waals surface area (Å²) in [6.07, 6.45) is 4.11. The van der Waals surface area contributed by atoms with E-state index in [1.807, 2.05) is 0 Å². The monoisotopic (exact) mass is 470 g/mol. The van der Waals surface area contributed by atoms with E-state index in [1.165, 1.54) is 12.1 Å². The number of aryl methyl sites for hydroxylation is 1. The number of hydrogen-bond donors (Lipinski definition) is 3. The molecule has 31 heavy (non-hydrogen) atoms. The van der Waals surface area contributed by atoms with Crippen LogP contribution in [0.1, 0.15) is 49.8 Å². The second-order valence-corrected chi connectivity index (χ2v) is 10.7. The molecule has 1 unspecified atom stereocenters. The Morgan fingerprint density at radius 1 is 1.03 bits per heavy atom. The maximum atomic E-state index is 12.2. The number of benzene rings is 2. The predicted molar refractivity (Wildman–Crippen MR) is 121 cm³/mol. The maximum Gasteiger partial charge on any atom is 0.294 e. The van der Waals surface area contributed by atoms with Crippen LogP contribution in [-0.4, -0.2) is 39.3 Å². The molecule has 0 aliphatic carbocycles. The molecule has 172 valence electrons. The molecule has 0 radical (unpaired) electrons. The van der Waals surface area contributed by atoms with Crippen LogP contribution in [0.15, 0.2) is 53.4 Å². The molecule has 3 N–H and O–H groups in total. The van der Waals surface area contributed by atoms with E-state index in [0.29, 0.717) is 37.1 Å². The molecule has 8 nitrogen and oxygen atoms in total. The lowest BCUT2D eigenvalue weighted by Gasteiger charge is -2.23. The number of aliphatic hydroxyl groups excluding tert-OH is 1. The fraction of sp³-hybridized carbons (Fsp3) is 0.429. The van der Waals surface area contributed by atoms with Crippen molar-refractivity contribution in [2.45, 2.75) is 50.0 Å². The lowest BCUT2D eigenvalue weighted by Crippen LogP contribution is -2.43. The summed E-state index contributed by atoms with van der Waals surface area (Å²) < 4.78 is 57.2. The van der Waals surface area contributed by atoms with Gasteiger partial charge in [-0.25, -0.2) is 18.3 Å². The van der Waals surface area contributed by atoms with Gasteiger partial charge < -0.3 is 5.11 Å². The molecule has 0 bridgehead atoms. The molecule has 0 aromatic heterocycles. The third-order valence-corrected chi connectivity index (χ3v) is 6.62. The summed E-state index contributed by atoms with van der Waals surface area (Å²) in [5.74, 6) is 0. The van der Waals surface area contributed by atoms with Crippen LogP contribution in [0.3, 0.4) is 0 Å². The number of hydrazine groups is 1. The topological polar surface area (TPSA) is 124 Å². The molecule has 2 aromatic carbocycles. The summed E-state index contributed by atoms with van der Waals surface area (Å²) >= 11 is 0. The van der Waals surface area contributed by atoms with Gasteiger partial charge in [-0.05, 0) is 54.7 Å². The van der Waals surface area contributed by atoms with E-state index in [1.54, 1.807) is 36.4 Å². The zero-order valence-electron chi connectivity index (χ0n) is 17.7. The van der Waals surface area contributed by atoms with Crippen LogP contribution in [0, 0.1) is 0 Å². The minimum Gasteiger partial charge on any atom is -0.388 e. The largest absolute Gasteiger partial charge is 0.388 e. The van der Waals surface area contributed by atoms with Crippen molar-refractivity contribution in [3.63, 3.8) is 0 Å². The van der Waals surface area contributed by atoms with E-state index < -0.39 is 26.2 Å². The van der Waals surface area contributed by atoms with Crippen molar-refractivity contribution in [1.29, 1.82) is 0 Å². The van der Waals surface area contributed by atoms with Gasteiger partial charge >= 0.3 is 0 Å². The first-order valence-corrected chi connectivity index (χ1v) is 13.4. The van der Waals surface area contributed by atoms with Gasteiger partial charge in [0.1, 0.15) is 0 Å². The summed E-state index contributed by atoms with van der Waals surface area (Å²) in [6.45, 7) is 2.38. The van der Waals surface area contributed by atoms with Crippen molar-refractivity contribution in [3.8, 4) is 0 Å². The van der Waals surface area contributed by atoms with Gasteiger partial charge in [0, 0.05) is 6.54 Å². The molecular weight excluding hydrogens is 440 g/mol. The fourth-order valence-electron chi connectivity index (χ4n) is 3.13. The SMILES string of the molecule is CCCCC(O)c1ccc(N(NCCCc2cccc(S(=O)(=O)O)c2)S(C)(=O)=O)cc1. The van der Waals surface area contributed by atoms with Crippen LogP contribution >= 0.6 is 0 Å². The van der Waals surface area contributed by atoms with Crippen LogP contribution in [0.5, 0.6) is 0 Å². The molecule has 0 spiro atoms. The lowest BCUT2D eigenvalue weighted by molar-refractivity contribution is 0.164. The van der Waals surface area contributed by atoms with Crippen LogP contribution in [0.4, 0.5) is 5.69 Å². The van der Waals surface area contributed by atoms with Gasteiger partial charge in [-0.15, -0.1) is 0 Å². The summed E-state index contributed by atoms with van der Waals surface area (Å²) in [7, 11) is -7.85. The van der Waals surface area contributed by atoms with E-state index in [0.717, 1.165) is 29.1 Å². The minimum atomic E-state index is -4.26. The molecule has 0 saturated carbocycles. The molecule has 0 heterocycles. The van der Waals surface area contributed by atoms with Crippen LogP contribution < -0.4 is 9.84 Å². The molecule has 1 atom stereocenters. The molecule has 2 aromatic rings. The third kappa shape index (κ3) is 7.89. The quantitative estimate of drug-likeness (QED) is 0.247. The van der Waals surface area contributed by atoms with E-state index in [9.17, 15) is 21.9 Å². The molecule has 0 aliphatic heterocycles. The summed E-state index contributed by atoms with van der Waals surface area (Å²) in [5.41, 5.74) is 4.78. The average Bonchev–Trinajstić information content (AvgIpc) is 2.71. The van der Waals surface area contributed by atoms with Gasteiger partial charge in [0.25, 0.3) is 10.1 Å². The van der Waals surface area contributed by atoms with Crippen LogP contribution in [0.25, 0.3) is 0 Å². The number of nitrogens with one attached hydrogen (secondary N) is 1. The predicted octanol–water partition coefficient (Wildman–Crippen LogP) is 3.06. The molecule has 2 rings (SSSR count). The highest BCUT2D eigenvalue weighted by atomic mass is 32.2. The zero-order chi connectivity index (χ0) is 23.1. The Morgan fingerprint density at radius 3 is 2.29 bits per heavy atom. The molecule has 0 amide bonds. The Balaban J connectivity index is 2.00. The van der Waals surface area contributed by atoms with Crippen molar-refractivity contribution in [2.75, 3.05) is 17.2 Å². The first-order chi connectivity index (χ1) is 14.5. The number of unbranched alkanes of at least 4 members (excludes halogenated alkanes) is 1. The highest BCUT2D eigenvalue weighted by molar-refractivity contribution is 7.92.